The first-order valence-electron chi connectivity index (χ1n) is 7.05. The van der Waals surface area contributed by atoms with Crippen molar-refractivity contribution < 1.29 is 9.50 Å². The van der Waals surface area contributed by atoms with Gasteiger partial charge in [0.15, 0.2) is 11.6 Å². The summed E-state index contributed by atoms with van der Waals surface area (Å²) in [5.41, 5.74) is 0.803. The summed E-state index contributed by atoms with van der Waals surface area (Å²) >= 11 is 0. The first-order valence-corrected chi connectivity index (χ1v) is 7.05. The minimum Gasteiger partial charge on any atom is -0.505 e. The maximum Gasteiger partial charge on any atom is 0.165 e. The average molecular weight is 350 g/mol. The van der Waals surface area contributed by atoms with Crippen LogP contribution in [0.5, 0.6) is 5.75 Å². The Morgan fingerprint density at radius 2 is 2.00 bits per heavy atom. The lowest BCUT2D eigenvalue weighted by molar-refractivity contribution is 0.161. The van der Waals surface area contributed by atoms with Gasteiger partial charge >= 0.3 is 0 Å². The second-order valence-electron chi connectivity index (χ2n) is 5.06. The van der Waals surface area contributed by atoms with Gasteiger partial charge in [0.2, 0.25) is 0 Å². The summed E-state index contributed by atoms with van der Waals surface area (Å²) in [5.74, 6) is -1.03. The topological polar surface area (TPSA) is 59.3 Å². The molecule has 0 unspecified atom stereocenters. The maximum absolute atomic E-state index is 13.7. The molecule has 7 heteroatoms. The van der Waals surface area contributed by atoms with Crippen LogP contribution in [0.3, 0.4) is 0 Å². The number of nitrogens with zero attached hydrogens (tertiary/aromatic N) is 2. The molecular formula is C15H22Cl2FN3O. The lowest BCUT2D eigenvalue weighted by Crippen LogP contribution is -2.45. The number of benzene rings is 1. The van der Waals surface area contributed by atoms with Crippen LogP contribution in [-0.2, 0) is 0 Å². The molecule has 2 N–H and O–H groups in total. The lowest BCUT2D eigenvalue weighted by atomic mass is 9.94. The number of rotatable bonds is 4. The van der Waals surface area contributed by atoms with Crippen molar-refractivity contribution in [3.8, 4) is 11.8 Å². The Bertz CT molecular complexity index is 516. The van der Waals surface area contributed by atoms with Crippen LogP contribution in [-0.4, -0.2) is 36.2 Å². The predicted octanol–water partition coefficient (Wildman–Crippen LogP) is 2.99. The standard InChI is InChI=1S/C15H20FN3O.2ClH/c1-2-3-13(19-8-6-18-7-9-19)14-11(10-17)4-5-12(16)15(14)20;;/h4-5,13,18,20H,2-3,6-9H2,1H3;2*1H/t13-;;/m0../s1. The van der Waals surface area contributed by atoms with Crippen molar-refractivity contribution in [2.75, 3.05) is 26.2 Å². The summed E-state index contributed by atoms with van der Waals surface area (Å²) in [5, 5.41) is 22.6. The molecule has 1 atom stereocenters. The van der Waals surface area contributed by atoms with Crippen LogP contribution < -0.4 is 5.32 Å². The number of phenolic OH excluding ortho intramolecular Hbond substituents is 1. The highest BCUT2D eigenvalue weighted by Crippen LogP contribution is 2.36. The Labute approximate surface area is 143 Å². The monoisotopic (exact) mass is 349 g/mol. The van der Waals surface area contributed by atoms with E-state index in [0.29, 0.717) is 11.1 Å². The molecule has 0 radical (unpaired) electrons. The van der Waals surface area contributed by atoms with E-state index in [1.807, 2.05) is 0 Å². The molecule has 1 saturated heterocycles. The number of aromatic hydroxyl groups is 1. The van der Waals surface area contributed by atoms with Crippen molar-refractivity contribution in [1.29, 1.82) is 5.26 Å². The second-order valence-corrected chi connectivity index (χ2v) is 5.06. The molecule has 1 aromatic rings. The molecule has 1 fully saturated rings. The van der Waals surface area contributed by atoms with Gasteiger partial charge in [-0.2, -0.15) is 5.26 Å². The average Bonchev–Trinajstić information content (AvgIpc) is 2.49. The molecule has 124 valence electrons. The summed E-state index contributed by atoms with van der Waals surface area (Å²) in [6, 6.07) is 4.57. The minimum atomic E-state index is -0.657. The molecule has 1 aliphatic heterocycles. The molecular weight excluding hydrogens is 328 g/mol. The van der Waals surface area contributed by atoms with Crippen molar-refractivity contribution in [2.45, 2.75) is 25.8 Å². The highest BCUT2D eigenvalue weighted by Gasteiger charge is 2.27. The molecule has 1 heterocycles. The van der Waals surface area contributed by atoms with Crippen molar-refractivity contribution in [3.63, 3.8) is 0 Å². The van der Waals surface area contributed by atoms with Crippen LogP contribution >= 0.6 is 24.8 Å². The van der Waals surface area contributed by atoms with Gasteiger partial charge in [0.1, 0.15) is 0 Å². The smallest absolute Gasteiger partial charge is 0.165 e. The molecule has 0 spiro atoms. The van der Waals surface area contributed by atoms with Gasteiger partial charge in [0.25, 0.3) is 0 Å². The van der Waals surface area contributed by atoms with Crippen LogP contribution in [0.4, 0.5) is 4.39 Å². The number of hydrogen-bond acceptors (Lipinski definition) is 4. The molecule has 0 amide bonds. The van der Waals surface area contributed by atoms with E-state index in [9.17, 15) is 14.8 Å². The van der Waals surface area contributed by atoms with Crippen molar-refractivity contribution in [1.82, 2.24) is 10.2 Å². The predicted molar refractivity (Wildman–Crippen MR) is 89.4 cm³/mol. The van der Waals surface area contributed by atoms with E-state index >= 15 is 0 Å². The van der Waals surface area contributed by atoms with Gasteiger partial charge in [-0.15, -0.1) is 24.8 Å². The molecule has 0 saturated carbocycles. The Hall–Kier alpha value is -1.06. The third-order valence-corrected chi connectivity index (χ3v) is 3.78. The van der Waals surface area contributed by atoms with Gasteiger partial charge in [-0.1, -0.05) is 13.3 Å². The number of halogens is 3. The first-order chi connectivity index (χ1) is 9.69. The van der Waals surface area contributed by atoms with Crippen LogP contribution in [0.25, 0.3) is 0 Å². The molecule has 1 aliphatic rings. The Morgan fingerprint density at radius 1 is 1.36 bits per heavy atom. The fraction of sp³-hybridized carbons (Fsp3) is 0.533. The van der Waals surface area contributed by atoms with Gasteiger partial charge in [-0.3, -0.25) is 4.90 Å². The number of hydrogen-bond donors (Lipinski definition) is 2. The largest absolute Gasteiger partial charge is 0.505 e. The van der Waals surface area contributed by atoms with E-state index < -0.39 is 5.82 Å². The zero-order chi connectivity index (χ0) is 14.5. The SMILES string of the molecule is CCC[C@@H](c1c(C#N)ccc(F)c1O)N1CCNCC1.Cl.Cl. The van der Waals surface area contributed by atoms with Crippen LogP contribution in [0.1, 0.15) is 36.9 Å². The third-order valence-electron chi connectivity index (χ3n) is 3.78. The molecule has 2 rings (SSSR count). The van der Waals surface area contributed by atoms with E-state index in [4.69, 9.17) is 0 Å². The summed E-state index contributed by atoms with van der Waals surface area (Å²) in [7, 11) is 0. The quantitative estimate of drug-likeness (QED) is 0.877. The van der Waals surface area contributed by atoms with Crippen LogP contribution in [0, 0.1) is 17.1 Å². The van der Waals surface area contributed by atoms with E-state index in [1.54, 1.807) is 0 Å². The van der Waals surface area contributed by atoms with Crippen LogP contribution in [0.2, 0.25) is 0 Å². The lowest BCUT2D eigenvalue weighted by Gasteiger charge is -2.35. The van der Waals surface area contributed by atoms with Crippen molar-refractivity contribution in [2.24, 2.45) is 0 Å². The van der Waals surface area contributed by atoms with Gasteiger partial charge in [0, 0.05) is 37.8 Å². The molecule has 1 aromatic carbocycles. The number of nitriles is 1. The molecule has 0 bridgehead atoms. The molecule has 22 heavy (non-hydrogen) atoms. The van der Waals surface area contributed by atoms with Crippen LogP contribution in [0.15, 0.2) is 12.1 Å². The fourth-order valence-electron chi connectivity index (χ4n) is 2.79. The summed E-state index contributed by atoms with van der Waals surface area (Å²) < 4.78 is 13.7. The zero-order valence-corrected chi connectivity index (χ0v) is 14.1. The van der Waals surface area contributed by atoms with Crippen molar-refractivity contribution in [3.05, 3.63) is 29.1 Å². The van der Waals surface area contributed by atoms with Gasteiger partial charge in [-0.05, 0) is 18.6 Å². The van der Waals surface area contributed by atoms with Gasteiger partial charge < -0.3 is 10.4 Å². The summed E-state index contributed by atoms with van der Waals surface area (Å²) in [6.07, 6.45) is 1.71. The molecule has 4 nitrogen and oxygen atoms in total. The Kier molecular flexibility index (Phi) is 9.38. The van der Waals surface area contributed by atoms with E-state index in [1.165, 1.54) is 6.07 Å². The Balaban J connectivity index is 0.00000220. The van der Waals surface area contributed by atoms with E-state index in [2.05, 4.69) is 23.2 Å². The Morgan fingerprint density at radius 3 is 2.55 bits per heavy atom. The second kappa shape index (κ2) is 9.86. The van der Waals surface area contributed by atoms with Gasteiger partial charge in [0.05, 0.1) is 11.6 Å². The van der Waals surface area contributed by atoms with E-state index in [-0.39, 0.29) is 36.6 Å². The zero-order valence-electron chi connectivity index (χ0n) is 12.5. The number of phenols is 1. The van der Waals surface area contributed by atoms with Gasteiger partial charge in [-0.25, -0.2) is 4.39 Å². The fourth-order valence-corrected chi connectivity index (χ4v) is 2.79. The van der Waals surface area contributed by atoms with Crippen molar-refractivity contribution >= 4 is 24.8 Å². The molecule has 0 aromatic heterocycles. The number of nitrogens with one attached hydrogen (secondary N) is 1. The highest BCUT2D eigenvalue weighted by molar-refractivity contribution is 5.85. The van der Waals surface area contributed by atoms with E-state index in [0.717, 1.165) is 45.1 Å². The third kappa shape index (κ3) is 4.47. The summed E-state index contributed by atoms with van der Waals surface area (Å²) in [6.45, 7) is 5.48. The normalized spacial score (nSPS) is 16.0. The number of piperazine rings is 1. The first kappa shape index (κ1) is 20.9. The minimum absolute atomic E-state index is 0. The summed E-state index contributed by atoms with van der Waals surface area (Å²) in [4.78, 5) is 2.22. The molecule has 0 aliphatic carbocycles. The maximum atomic E-state index is 13.7. The highest BCUT2D eigenvalue weighted by atomic mass is 35.5.